The van der Waals surface area contributed by atoms with E-state index in [1.165, 1.54) is 5.57 Å². The van der Waals surface area contributed by atoms with Crippen LogP contribution in [0.1, 0.15) is 39.5 Å². The first-order valence-electron chi connectivity index (χ1n) is 5.08. The SMILES string of the molecule is C/C=C/CCC1=CC(=O)CCC1C. The molecule has 1 unspecified atom stereocenters. The quantitative estimate of drug-likeness (QED) is 0.606. The van der Waals surface area contributed by atoms with Gasteiger partial charge in [-0.3, -0.25) is 4.79 Å². The number of ketones is 1. The summed E-state index contributed by atoms with van der Waals surface area (Å²) in [4.78, 5) is 11.2. The van der Waals surface area contributed by atoms with Crippen LogP contribution in [0.25, 0.3) is 0 Å². The first-order valence-corrected chi connectivity index (χ1v) is 5.08. The molecule has 0 N–H and O–H groups in total. The van der Waals surface area contributed by atoms with E-state index in [0.29, 0.717) is 11.7 Å². The first-order chi connectivity index (χ1) is 6.24. The Hall–Kier alpha value is -0.850. The number of rotatable bonds is 3. The molecule has 13 heavy (non-hydrogen) atoms. The van der Waals surface area contributed by atoms with Gasteiger partial charge in [0.15, 0.2) is 5.78 Å². The Morgan fingerprint density at radius 3 is 3.08 bits per heavy atom. The van der Waals surface area contributed by atoms with Gasteiger partial charge in [-0.05, 0) is 38.2 Å². The molecule has 0 amide bonds. The van der Waals surface area contributed by atoms with Crippen molar-refractivity contribution in [3.05, 3.63) is 23.8 Å². The molecule has 1 aliphatic carbocycles. The van der Waals surface area contributed by atoms with E-state index in [1.807, 2.05) is 13.0 Å². The zero-order valence-corrected chi connectivity index (χ0v) is 8.55. The summed E-state index contributed by atoms with van der Waals surface area (Å²) < 4.78 is 0. The molecule has 0 aromatic carbocycles. The molecule has 0 heterocycles. The number of carbonyl (C=O) groups is 1. The third-order valence-corrected chi connectivity index (χ3v) is 2.64. The maximum Gasteiger partial charge on any atom is 0.155 e. The monoisotopic (exact) mass is 178 g/mol. The topological polar surface area (TPSA) is 17.1 Å². The highest BCUT2D eigenvalue weighted by atomic mass is 16.1. The van der Waals surface area contributed by atoms with Gasteiger partial charge in [0, 0.05) is 6.42 Å². The van der Waals surface area contributed by atoms with E-state index >= 15 is 0 Å². The van der Waals surface area contributed by atoms with Gasteiger partial charge in [-0.1, -0.05) is 24.6 Å². The summed E-state index contributed by atoms with van der Waals surface area (Å²) in [5.74, 6) is 0.927. The Morgan fingerprint density at radius 2 is 2.38 bits per heavy atom. The van der Waals surface area contributed by atoms with Gasteiger partial charge in [-0.2, -0.15) is 0 Å². The van der Waals surface area contributed by atoms with E-state index in [2.05, 4.69) is 19.1 Å². The largest absolute Gasteiger partial charge is 0.295 e. The summed E-state index contributed by atoms with van der Waals surface area (Å²) in [6, 6.07) is 0. The van der Waals surface area contributed by atoms with E-state index in [1.54, 1.807) is 0 Å². The standard InChI is InChI=1S/C12H18O/c1-3-4-5-6-11-9-12(13)8-7-10(11)2/h3-4,9-10H,5-8H2,1-2H3/b4-3+. The van der Waals surface area contributed by atoms with Crippen molar-refractivity contribution in [2.75, 3.05) is 0 Å². The van der Waals surface area contributed by atoms with Gasteiger partial charge in [0.2, 0.25) is 0 Å². The van der Waals surface area contributed by atoms with Crippen LogP contribution < -0.4 is 0 Å². The third-order valence-electron chi connectivity index (χ3n) is 2.64. The number of allylic oxidation sites excluding steroid dienone is 4. The lowest BCUT2D eigenvalue weighted by Gasteiger charge is -2.19. The average Bonchev–Trinajstić information content (AvgIpc) is 2.11. The molecule has 0 aromatic heterocycles. The normalized spacial score (nSPS) is 23.7. The molecular weight excluding hydrogens is 160 g/mol. The highest BCUT2D eigenvalue weighted by Gasteiger charge is 2.16. The van der Waals surface area contributed by atoms with Crippen molar-refractivity contribution in [1.82, 2.24) is 0 Å². The minimum absolute atomic E-state index is 0.313. The second-order valence-electron chi connectivity index (χ2n) is 3.73. The maximum atomic E-state index is 11.2. The second-order valence-corrected chi connectivity index (χ2v) is 3.73. The van der Waals surface area contributed by atoms with Crippen LogP contribution in [0.2, 0.25) is 0 Å². The highest BCUT2D eigenvalue weighted by molar-refractivity contribution is 5.91. The van der Waals surface area contributed by atoms with Crippen LogP contribution >= 0.6 is 0 Å². The van der Waals surface area contributed by atoms with E-state index in [-0.39, 0.29) is 0 Å². The van der Waals surface area contributed by atoms with Crippen LogP contribution in [0.4, 0.5) is 0 Å². The Kier molecular flexibility index (Phi) is 3.94. The molecule has 0 radical (unpaired) electrons. The van der Waals surface area contributed by atoms with Gasteiger partial charge < -0.3 is 0 Å². The summed E-state index contributed by atoms with van der Waals surface area (Å²) in [5, 5.41) is 0. The maximum absolute atomic E-state index is 11.2. The molecule has 0 spiro atoms. The van der Waals surface area contributed by atoms with Crippen molar-refractivity contribution in [2.24, 2.45) is 5.92 Å². The molecule has 1 rings (SSSR count). The Morgan fingerprint density at radius 1 is 1.62 bits per heavy atom. The molecular formula is C12H18O. The molecule has 0 aliphatic heterocycles. The summed E-state index contributed by atoms with van der Waals surface area (Å²) >= 11 is 0. The molecule has 1 heteroatoms. The Bertz CT molecular complexity index is 236. The molecule has 1 nitrogen and oxygen atoms in total. The van der Waals surface area contributed by atoms with Crippen LogP contribution in [0.3, 0.4) is 0 Å². The summed E-state index contributed by atoms with van der Waals surface area (Å²) in [7, 11) is 0. The van der Waals surface area contributed by atoms with E-state index in [4.69, 9.17) is 0 Å². The van der Waals surface area contributed by atoms with Crippen molar-refractivity contribution in [3.8, 4) is 0 Å². The van der Waals surface area contributed by atoms with Crippen LogP contribution in [-0.2, 0) is 4.79 Å². The minimum atomic E-state index is 0.313. The van der Waals surface area contributed by atoms with Crippen LogP contribution in [0.15, 0.2) is 23.8 Å². The number of hydrogen-bond acceptors (Lipinski definition) is 1. The zero-order valence-electron chi connectivity index (χ0n) is 8.55. The summed E-state index contributed by atoms with van der Waals surface area (Å²) in [6.07, 6.45) is 9.99. The second kappa shape index (κ2) is 5.00. The van der Waals surface area contributed by atoms with Crippen LogP contribution in [0.5, 0.6) is 0 Å². The van der Waals surface area contributed by atoms with Crippen LogP contribution in [-0.4, -0.2) is 5.78 Å². The van der Waals surface area contributed by atoms with Gasteiger partial charge in [0.1, 0.15) is 0 Å². The fourth-order valence-electron chi connectivity index (χ4n) is 1.70. The van der Waals surface area contributed by atoms with Gasteiger partial charge in [-0.25, -0.2) is 0 Å². The molecule has 0 aromatic rings. The average molecular weight is 178 g/mol. The fraction of sp³-hybridized carbons (Fsp3) is 0.583. The molecule has 0 bridgehead atoms. The van der Waals surface area contributed by atoms with Gasteiger partial charge in [-0.15, -0.1) is 0 Å². The predicted octanol–water partition coefficient (Wildman–Crippen LogP) is 3.27. The molecule has 1 atom stereocenters. The van der Waals surface area contributed by atoms with E-state index in [9.17, 15) is 4.79 Å². The predicted molar refractivity (Wildman–Crippen MR) is 55.5 cm³/mol. The minimum Gasteiger partial charge on any atom is -0.295 e. The lowest BCUT2D eigenvalue weighted by atomic mass is 9.86. The number of carbonyl (C=O) groups excluding carboxylic acids is 1. The Balaban J connectivity index is 2.50. The summed E-state index contributed by atoms with van der Waals surface area (Å²) in [5.41, 5.74) is 1.34. The molecule has 0 saturated carbocycles. The zero-order chi connectivity index (χ0) is 9.68. The lowest BCUT2D eigenvalue weighted by Crippen LogP contribution is -2.11. The van der Waals surface area contributed by atoms with Gasteiger partial charge in [0.05, 0.1) is 0 Å². The van der Waals surface area contributed by atoms with E-state index in [0.717, 1.165) is 25.7 Å². The van der Waals surface area contributed by atoms with Crippen molar-refractivity contribution in [1.29, 1.82) is 0 Å². The van der Waals surface area contributed by atoms with Crippen molar-refractivity contribution < 1.29 is 4.79 Å². The highest BCUT2D eigenvalue weighted by Crippen LogP contribution is 2.25. The van der Waals surface area contributed by atoms with Crippen molar-refractivity contribution in [3.63, 3.8) is 0 Å². The van der Waals surface area contributed by atoms with Gasteiger partial charge in [0.25, 0.3) is 0 Å². The van der Waals surface area contributed by atoms with Crippen molar-refractivity contribution >= 4 is 5.78 Å². The third kappa shape index (κ3) is 3.17. The smallest absolute Gasteiger partial charge is 0.155 e. The number of hydrogen-bond donors (Lipinski definition) is 0. The first kappa shape index (κ1) is 10.2. The summed E-state index contributed by atoms with van der Waals surface area (Å²) in [6.45, 7) is 4.25. The Labute approximate surface area is 80.5 Å². The van der Waals surface area contributed by atoms with E-state index < -0.39 is 0 Å². The molecule has 0 saturated heterocycles. The molecule has 1 aliphatic rings. The lowest BCUT2D eigenvalue weighted by molar-refractivity contribution is -0.115. The molecule has 72 valence electrons. The fourth-order valence-corrected chi connectivity index (χ4v) is 1.70. The van der Waals surface area contributed by atoms with Crippen LogP contribution in [0, 0.1) is 5.92 Å². The van der Waals surface area contributed by atoms with Gasteiger partial charge >= 0.3 is 0 Å². The molecule has 0 fully saturated rings. The van der Waals surface area contributed by atoms with Crippen molar-refractivity contribution in [2.45, 2.75) is 39.5 Å².